The molecule has 2 N–H and O–H groups in total. The number of aryl methyl sites for hydroxylation is 2. The largest absolute Gasteiger partial charge is 0.506 e. The fraction of sp³-hybridized carbons (Fsp3) is 0.105. The number of aromatic hydroxyl groups is 1. The van der Waals surface area contributed by atoms with Gasteiger partial charge in [-0.05, 0) is 65.8 Å². The Bertz CT molecular complexity index is 1100. The fourth-order valence-electron chi connectivity index (χ4n) is 2.95. The minimum atomic E-state index is -0.957. The van der Waals surface area contributed by atoms with Crippen LogP contribution >= 0.6 is 22.6 Å². The summed E-state index contributed by atoms with van der Waals surface area (Å²) in [6.45, 7) is 3.60. The first-order valence-corrected chi connectivity index (χ1v) is 9.33. The lowest BCUT2D eigenvalue weighted by atomic mass is 10.0. The van der Waals surface area contributed by atoms with Gasteiger partial charge in [0, 0.05) is 17.7 Å². The Kier molecular flexibility index (Phi) is 5.38. The van der Waals surface area contributed by atoms with Crippen molar-refractivity contribution in [3.05, 3.63) is 66.3 Å². The molecule has 1 heterocycles. The van der Waals surface area contributed by atoms with Crippen molar-refractivity contribution in [2.75, 3.05) is 4.90 Å². The van der Waals surface area contributed by atoms with Crippen LogP contribution in [0.25, 0.3) is 6.08 Å². The molecule has 2 aromatic carbocycles. The van der Waals surface area contributed by atoms with E-state index in [4.69, 9.17) is 0 Å². The van der Waals surface area contributed by atoms with E-state index in [2.05, 4.69) is 5.32 Å². The van der Waals surface area contributed by atoms with Gasteiger partial charge in [0.15, 0.2) is 0 Å². The monoisotopic (exact) mass is 507 g/mol. The molecule has 1 aliphatic heterocycles. The van der Waals surface area contributed by atoms with Crippen molar-refractivity contribution < 1.29 is 24.4 Å². The quantitative estimate of drug-likeness (QED) is 0.216. The summed E-state index contributed by atoms with van der Waals surface area (Å²) in [5.41, 5.74) is 1.07. The number of carbonyl (C=O) groups excluding carboxylic acids is 3. The number of phenols is 1. The summed E-state index contributed by atoms with van der Waals surface area (Å²) in [6.07, 6.45) is 1.03. The van der Waals surface area contributed by atoms with Crippen molar-refractivity contribution in [3.63, 3.8) is 0 Å². The number of nitrogens with one attached hydrogen (secondary N) is 1. The van der Waals surface area contributed by atoms with Crippen LogP contribution in [0, 0.1) is 27.5 Å². The molecular weight excluding hydrogens is 493 g/mol. The molecule has 0 aromatic heterocycles. The van der Waals surface area contributed by atoms with Crippen LogP contribution in [0.4, 0.5) is 16.2 Å². The van der Waals surface area contributed by atoms with E-state index in [0.717, 1.165) is 34.2 Å². The van der Waals surface area contributed by atoms with Crippen molar-refractivity contribution >= 4 is 57.9 Å². The molecule has 2 aromatic rings. The Morgan fingerprint density at radius 2 is 1.72 bits per heavy atom. The molecule has 0 unspecified atom stereocenters. The lowest BCUT2D eigenvalue weighted by Gasteiger charge is -2.27. The maximum absolute atomic E-state index is 12.9. The number of hydrogen-bond acceptors (Lipinski definition) is 6. The fourth-order valence-corrected chi connectivity index (χ4v) is 3.58. The second kappa shape index (κ2) is 7.62. The Morgan fingerprint density at radius 1 is 1.10 bits per heavy atom. The van der Waals surface area contributed by atoms with Gasteiger partial charge in [0.25, 0.3) is 17.5 Å². The van der Waals surface area contributed by atoms with Crippen LogP contribution in [-0.2, 0) is 9.59 Å². The minimum absolute atomic E-state index is 0.0863. The first-order valence-electron chi connectivity index (χ1n) is 8.25. The van der Waals surface area contributed by atoms with Gasteiger partial charge in [-0.25, -0.2) is 9.69 Å². The summed E-state index contributed by atoms with van der Waals surface area (Å²) in [7, 11) is 0. The van der Waals surface area contributed by atoms with Crippen LogP contribution in [0.1, 0.15) is 16.7 Å². The van der Waals surface area contributed by atoms with Crippen molar-refractivity contribution in [3.8, 4) is 5.75 Å². The molecular formula is C19H14IN3O6. The zero-order valence-electron chi connectivity index (χ0n) is 15.2. The average Bonchev–Trinajstić information content (AvgIpc) is 2.60. The van der Waals surface area contributed by atoms with E-state index in [1.54, 1.807) is 48.6 Å². The molecule has 0 bridgehead atoms. The number of halogens is 1. The maximum atomic E-state index is 12.9. The number of imide groups is 2. The predicted octanol–water partition coefficient (Wildman–Crippen LogP) is 3.19. The standard InChI is InChI=1S/C19H14IN3O6/c1-9-3-10(2)5-12(4-9)22-18(26)14(17(25)21-19(22)27)7-11-6-13(23(28)29)8-15(20)16(11)24/h3-8,24H,1-2H3,(H,21,25,27)/b14-7+. The summed E-state index contributed by atoms with van der Waals surface area (Å²) < 4.78 is 0.176. The smallest absolute Gasteiger partial charge is 0.335 e. The molecule has 9 nitrogen and oxygen atoms in total. The Hall–Kier alpha value is -3.28. The van der Waals surface area contributed by atoms with Gasteiger partial charge in [0.05, 0.1) is 14.2 Å². The third-order valence-corrected chi connectivity index (χ3v) is 4.98. The molecule has 0 radical (unpaired) electrons. The molecule has 1 fully saturated rings. The Balaban J connectivity index is 2.12. The third kappa shape index (κ3) is 3.97. The molecule has 29 heavy (non-hydrogen) atoms. The van der Waals surface area contributed by atoms with E-state index in [0.29, 0.717) is 0 Å². The molecule has 1 aliphatic rings. The first kappa shape index (κ1) is 20.5. The molecule has 1 saturated heterocycles. The Labute approximate surface area is 178 Å². The number of phenolic OH excluding ortho intramolecular Hbond substituents is 1. The second-order valence-electron chi connectivity index (χ2n) is 6.43. The maximum Gasteiger partial charge on any atom is 0.335 e. The molecule has 3 rings (SSSR count). The average molecular weight is 507 g/mol. The van der Waals surface area contributed by atoms with Crippen LogP contribution < -0.4 is 10.2 Å². The normalized spacial score (nSPS) is 15.6. The number of nitro benzene ring substituents is 1. The van der Waals surface area contributed by atoms with Crippen molar-refractivity contribution in [2.45, 2.75) is 13.8 Å². The number of anilines is 1. The third-order valence-electron chi connectivity index (χ3n) is 4.15. The first-order chi connectivity index (χ1) is 13.6. The highest BCUT2D eigenvalue weighted by Gasteiger charge is 2.37. The van der Waals surface area contributed by atoms with Gasteiger partial charge in [-0.3, -0.25) is 25.0 Å². The topological polar surface area (TPSA) is 130 Å². The van der Waals surface area contributed by atoms with Crippen LogP contribution in [0.2, 0.25) is 0 Å². The number of non-ortho nitro benzene ring substituents is 1. The van der Waals surface area contributed by atoms with Crippen LogP contribution in [-0.4, -0.2) is 27.9 Å². The van der Waals surface area contributed by atoms with Crippen molar-refractivity contribution in [2.24, 2.45) is 0 Å². The van der Waals surface area contributed by atoms with Gasteiger partial charge in [0.1, 0.15) is 11.3 Å². The molecule has 4 amide bonds. The molecule has 0 atom stereocenters. The SMILES string of the molecule is Cc1cc(C)cc(N2C(=O)NC(=O)/C(=C\c3cc([N+](=O)[O-])cc(I)c3O)C2=O)c1. The van der Waals surface area contributed by atoms with Crippen molar-refractivity contribution in [1.29, 1.82) is 0 Å². The van der Waals surface area contributed by atoms with E-state index in [1.807, 2.05) is 6.07 Å². The van der Waals surface area contributed by atoms with E-state index in [1.165, 1.54) is 0 Å². The van der Waals surface area contributed by atoms with Gasteiger partial charge in [0.2, 0.25) is 0 Å². The lowest BCUT2D eigenvalue weighted by molar-refractivity contribution is -0.385. The number of carbonyl (C=O) groups is 3. The molecule has 10 heteroatoms. The van der Waals surface area contributed by atoms with Gasteiger partial charge >= 0.3 is 6.03 Å². The molecule has 0 aliphatic carbocycles. The number of nitrogens with zero attached hydrogens (tertiary/aromatic N) is 2. The van der Waals surface area contributed by atoms with E-state index >= 15 is 0 Å². The highest BCUT2D eigenvalue weighted by atomic mass is 127. The van der Waals surface area contributed by atoms with Crippen LogP contribution in [0.5, 0.6) is 5.75 Å². The van der Waals surface area contributed by atoms with Crippen LogP contribution in [0.3, 0.4) is 0 Å². The summed E-state index contributed by atoms with van der Waals surface area (Å²) in [6, 6.07) is 6.40. The number of hydrogen-bond donors (Lipinski definition) is 2. The zero-order chi connectivity index (χ0) is 21.5. The highest BCUT2D eigenvalue weighted by Crippen LogP contribution is 2.32. The number of rotatable bonds is 3. The van der Waals surface area contributed by atoms with Gasteiger partial charge < -0.3 is 5.11 Å². The minimum Gasteiger partial charge on any atom is -0.506 e. The summed E-state index contributed by atoms with van der Waals surface area (Å²) in [4.78, 5) is 48.8. The highest BCUT2D eigenvalue weighted by molar-refractivity contribution is 14.1. The Morgan fingerprint density at radius 3 is 2.31 bits per heavy atom. The second-order valence-corrected chi connectivity index (χ2v) is 7.59. The summed E-state index contributed by atoms with van der Waals surface area (Å²) in [5.74, 6) is -2.18. The van der Waals surface area contributed by atoms with Gasteiger partial charge in [-0.1, -0.05) is 6.07 Å². The predicted molar refractivity (Wildman–Crippen MR) is 112 cm³/mol. The van der Waals surface area contributed by atoms with Crippen molar-refractivity contribution in [1.82, 2.24) is 5.32 Å². The number of nitro groups is 1. The van der Waals surface area contributed by atoms with E-state index in [9.17, 15) is 29.6 Å². The van der Waals surface area contributed by atoms with Crippen LogP contribution in [0.15, 0.2) is 35.9 Å². The van der Waals surface area contributed by atoms with Gasteiger partial charge in [-0.15, -0.1) is 0 Å². The molecule has 0 saturated carbocycles. The van der Waals surface area contributed by atoms with E-state index < -0.39 is 28.3 Å². The zero-order valence-corrected chi connectivity index (χ0v) is 17.4. The number of benzene rings is 2. The van der Waals surface area contributed by atoms with E-state index in [-0.39, 0.29) is 26.3 Å². The number of amides is 4. The van der Waals surface area contributed by atoms with Gasteiger partial charge in [-0.2, -0.15) is 0 Å². The lowest BCUT2D eigenvalue weighted by Crippen LogP contribution is -2.54. The molecule has 0 spiro atoms. The summed E-state index contributed by atoms with van der Waals surface area (Å²) >= 11 is 1.70. The molecule has 148 valence electrons. The number of urea groups is 1. The summed E-state index contributed by atoms with van der Waals surface area (Å²) in [5, 5.41) is 23.4. The number of barbiturate groups is 1.